The standard InChI is InChI=1S/C12H6F2N2/c13-10-5-11(16-12(14)6-10)9-3-1-2-8(4-9)7-15/h1-6H. The monoisotopic (exact) mass is 216 g/mol. The molecule has 16 heavy (non-hydrogen) atoms. The third kappa shape index (κ3) is 2.04. The van der Waals surface area contributed by atoms with Crippen LogP contribution in [0.1, 0.15) is 5.56 Å². The number of nitriles is 1. The number of rotatable bonds is 1. The fraction of sp³-hybridized carbons (Fsp3) is 0. The van der Waals surface area contributed by atoms with Crippen molar-refractivity contribution in [1.82, 2.24) is 4.98 Å². The van der Waals surface area contributed by atoms with Gasteiger partial charge >= 0.3 is 0 Å². The van der Waals surface area contributed by atoms with Crippen molar-refractivity contribution < 1.29 is 8.78 Å². The molecule has 0 aliphatic rings. The van der Waals surface area contributed by atoms with Crippen LogP contribution < -0.4 is 0 Å². The van der Waals surface area contributed by atoms with Crippen molar-refractivity contribution in [2.24, 2.45) is 0 Å². The van der Waals surface area contributed by atoms with Crippen molar-refractivity contribution in [3.05, 3.63) is 53.7 Å². The van der Waals surface area contributed by atoms with Gasteiger partial charge in [-0.25, -0.2) is 9.37 Å². The van der Waals surface area contributed by atoms with Crippen LogP contribution >= 0.6 is 0 Å². The first kappa shape index (κ1) is 10.2. The van der Waals surface area contributed by atoms with Gasteiger partial charge in [-0.05, 0) is 12.1 Å². The highest BCUT2D eigenvalue weighted by atomic mass is 19.1. The van der Waals surface area contributed by atoms with Crippen molar-refractivity contribution >= 4 is 0 Å². The number of hydrogen-bond acceptors (Lipinski definition) is 2. The number of nitrogens with zero attached hydrogens (tertiary/aromatic N) is 2. The summed E-state index contributed by atoms with van der Waals surface area (Å²) in [6.07, 6.45) is 0. The highest BCUT2D eigenvalue weighted by Gasteiger charge is 2.05. The van der Waals surface area contributed by atoms with Gasteiger partial charge in [0.05, 0.1) is 17.3 Å². The second-order valence-electron chi connectivity index (χ2n) is 3.19. The maximum absolute atomic E-state index is 13.0. The van der Waals surface area contributed by atoms with Crippen molar-refractivity contribution in [1.29, 1.82) is 5.26 Å². The quantitative estimate of drug-likeness (QED) is 0.687. The van der Waals surface area contributed by atoms with Crippen LogP contribution in [0, 0.1) is 23.1 Å². The first-order chi connectivity index (χ1) is 7.69. The Morgan fingerprint density at radius 1 is 1.12 bits per heavy atom. The summed E-state index contributed by atoms with van der Waals surface area (Å²) in [6.45, 7) is 0. The molecule has 4 heteroatoms. The van der Waals surface area contributed by atoms with E-state index in [2.05, 4.69) is 4.98 Å². The minimum absolute atomic E-state index is 0.176. The van der Waals surface area contributed by atoms with Crippen LogP contribution in [0.15, 0.2) is 36.4 Å². The van der Waals surface area contributed by atoms with Gasteiger partial charge in [-0.3, -0.25) is 0 Å². The molecule has 0 spiro atoms. The van der Waals surface area contributed by atoms with E-state index in [-0.39, 0.29) is 5.69 Å². The number of hydrogen-bond donors (Lipinski definition) is 0. The first-order valence-corrected chi connectivity index (χ1v) is 4.52. The number of aromatic nitrogens is 1. The molecule has 2 nitrogen and oxygen atoms in total. The normalized spacial score (nSPS) is 9.81. The summed E-state index contributed by atoms with van der Waals surface area (Å²) in [5, 5.41) is 8.70. The van der Waals surface area contributed by atoms with Gasteiger partial charge in [0, 0.05) is 17.7 Å². The lowest BCUT2D eigenvalue weighted by Crippen LogP contribution is -1.90. The average molecular weight is 216 g/mol. The van der Waals surface area contributed by atoms with Gasteiger partial charge in [-0.2, -0.15) is 9.65 Å². The Bertz CT molecular complexity index is 553. The Hall–Kier alpha value is -2.28. The zero-order valence-corrected chi connectivity index (χ0v) is 8.11. The molecule has 1 aromatic heterocycles. The van der Waals surface area contributed by atoms with Crippen LogP contribution in [0.25, 0.3) is 11.3 Å². The van der Waals surface area contributed by atoms with E-state index in [4.69, 9.17) is 5.26 Å². The number of benzene rings is 1. The molecule has 1 heterocycles. The van der Waals surface area contributed by atoms with Crippen LogP contribution in [0.4, 0.5) is 8.78 Å². The highest BCUT2D eigenvalue weighted by molar-refractivity contribution is 5.61. The van der Waals surface area contributed by atoms with E-state index < -0.39 is 11.8 Å². The van der Waals surface area contributed by atoms with Gasteiger partial charge in [-0.1, -0.05) is 12.1 Å². The van der Waals surface area contributed by atoms with E-state index in [1.165, 1.54) is 6.07 Å². The van der Waals surface area contributed by atoms with Gasteiger partial charge in [0.2, 0.25) is 5.95 Å². The molecule has 0 fully saturated rings. The van der Waals surface area contributed by atoms with E-state index >= 15 is 0 Å². The van der Waals surface area contributed by atoms with Crippen molar-refractivity contribution in [3.8, 4) is 17.3 Å². The fourth-order valence-electron chi connectivity index (χ4n) is 1.36. The molecule has 0 aliphatic heterocycles. The Labute approximate surface area is 90.8 Å². The maximum atomic E-state index is 13.0. The summed E-state index contributed by atoms with van der Waals surface area (Å²) in [5.41, 5.74) is 1.11. The maximum Gasteiger partial charge on any atom is 0.216 e. The van der Waals surface area contributed by atoms with Gasteiger partial charge < -0.3 is 0 Å². The summed E-state index contributed by atoms with van der Waals surface area (Å²) >= 11 is 0. The van der Waals surface area contributed by atoms with Crippen molar-refractivity contribution in [3.63, 3.8) is 0 Å². The zero-order valence-electron chi connectivity index (χ0n) is 8.11. The molecule has 0 saturated heterocycles. The Kier molecular flexibility index (Phi) is 2.61. The van der Waals surface area contributed by atoms with Crippen LogP contribution in [0.3, 0.4) is 0 Å². The molecule has 0 bridgehead atoms. The van der Waals surface area contributed by atoms with Gasteiger partial charge in [0.25, 0.3) is 0 Å². The van der Waals surface area contributed by atoms with Crippen LogP contribution in [0.2, 0.25) is 0 Å². The molecular formula is C12H6F2N2. The predicted molar refractivity (Wildman–Crippen MR) is 54.3 cm³/mol. The van der Waals surface area contributed by atoms with E-state index in [0.29, 0.717) is 17.2 Å². The fourth-order valence-corrected chi connectivity index (χ4v) is 1.36. The van der Waals surface area contributed by atoms with Gasteiger partial charge in [0.1, 0.15) is 5.82 Å². The molecule has 0 N–H and O–H groups in total. The summed E-state index contributed by atoms with van der Waals surface area (Å²) in [7, 11) is 0. The molecular weight excluding hydrogens is 210 g/mol. The first-order valence-electron chi connectivity index (χ1n) is 4.52. The molecule has 0 unspecified atom stereocenters. The third-order valence-electron chi connectivity index (χ3n) is 2.05. The highest BCUT2D eigenvalue weighted by Crippen LogP contribution is 2.19. The molecule has 0 amide bonds. The lowest BCUT2D eigenvalue weighted by molar-refractivity contribution is 0.554. The average Bonchev–Trinajstić information content (AvgIpc) is 2.28. The summed E-state index contributed by atoms with van der Waals surface area (Å²) in [5.74, 6) is -1.57. The van der Waals surface area contributed by atoms with Crippen molar-refractivity contribution in [2.45, 2.75) is 0 Å². The molecule has 2 aromatic rings. The second-order valence-corrected chi connectivity index (χ2v) is 3.19. The summed E-state index contributed by atoms with van der Waals surface area (Å²) < 4.78 is 25.8. The van der Waals surface area contributed by atoms with E-state index in [0.717, 1.165) is 6.07 Å². The largest absolute Gasteiger partial charge is 0.220 e. The third-order valence-corrected chi connectivity index (χ3v) is 2.05. The molecule has 2 rings (SSSR count). The molecule has 78 valence electrons. The van der Waals surface area contributed by atoms with Crippen molar-refractivity contribution in [2.75, 3.05) is 0 Å². The van der Waals surface area contributed by atoms with Gasteiger partial charge in [-0.15, -0.1) is 0 Å². The Balaban J connectivity index is 2.54. The minimum atomic E-state index is -0.877. The molecule has 0 atom stereocenters. The Morgan fingerprint density at radius 2 is 1.94 bits per heavy atom. The van der Waals surface area contributed by atoms with E-state index in [1.807, 2.05) is 6.07 Å². The van der Waals surface area contributed by atoms with Crippen LogP contribution in [-0.2, 0) is 0 Å². The molecule has 0 aliphatic carbocycles. The van der Waals surface area contributed by atoms with Crippen LogP contribution in [-0.4, -0.2) is 4.98 Å². The SMILES string of the molecule is N#Cc1cccc(-c2cc(F)cc(F)n2)c1. The summed E-state index contributed by atoms with van der Waals surface area (Å²) in [4.78, 5) is 3.56. The Morgan fingerprint density at radius 3 is 2.62 bits per heavy atom. The second kappa shape index (κ2) is 4.07. The minimum Gasteiger partial charge on any atom is -0.220 e. The van der Waals surface area contributed by atoms with Gasteiger partial charge in [0.15, 0.2) is 0 Å². The lowest BCUT2D eigenvalue weighted by atomic mass is 10.1. The molecule has 1 aromatic carbocycles. The molecule has 0 saturated carbocycles. The summed E-state index contributed by atoms with van der Waals surface area (Å²) in [6, 6.07) is 10.2. The zero-order chi connectivity index (χ0) is 11.5. The van der Waals surface area contributed by atoms with E-state index in [1.54, 1.807) is 18.2 Å². The number of pyridine rings is 1. The lowest BCUT2D eigenvalue weighted by Gasteiger charge is -2.01. The topological polar surface area (TPSA) is 36.7 Å². The predicted octanol–water partition coefficient (Wildman–Crippen LogP) is 2.90. The smallest absolute Gasteiger partial charge is 0.216 e. The van der Waals surface area contributed by atoms with Crippen LogP contribution in [0.5, 0.6) is 0 Å². The number of halogens is 2. The molecule has 0 radical (unpaired) electrons. The van der Waals surface area contributed by atoms with E-state index in [9.17, 15) is 8.78 Å².